The van der Waals surface area contributed by atoms with Gasteiger partial charge in [-0.2, -0.15) is 0 Å². The summed E-state index contributed by atoms with van der Waals surface area (Å²) in [4.78, 5) is 2.34. The first-order chi connectivity index (χ1) is 9.24. The minimum atomic E-state index is -0.181. The second-order valence-electron chi connectivity index (χ2n) is 5.39. The van der Waals surface area contributed by atoms with Crippen molar-refractivity contribution < 1.29 is 4.39 Å². The van der Waals surface area contributed by atoms with Crippen LogP contribution >= 0.6 is 24.8 Å². The number of piperidine rings is 1. The summed E-state index contributed by atoms with van der Waals surface area (Å²) < 4.78 is 12.8. The van der Waals surface area contributed by atoms with Gasteiger partial charge < -0.3 is 10.2 Å². The normalized spacial score (nSPS) is 18.3. The zero-order chi connectivity index (χ0) is 13.5. The Hall–Kier alpha value is -0.610. The number of likely N-dealkylation sites (N-methyl/N-ethyl adjacent to an activating group) is 1. The predicted octanol–water partition coefficient (Wildman–Crippen LogP) is 3.61. The molecule has 1 aromatic rings. The molecule has 1 aliphatic rings. The Labute approximate surface area is 139 Å². The number of benzene rings is 1. The zero-order valence-electron chi connectivity index (χ0n) is 12.4. The summed E-state index contributed by atoms with van der Waals surface area (Å²) in [7, 11) is 2.16. The molecule has 0 amide bonds. The highest BCUT2D eigenvalue weighted by Gasteiger charge is 2.13. The van der Waals surface area contributed by atoms with E-state index in [9.17, 15) is 4.39 Å². The van der Waals surface area contributed by atoms with Gasteiger partial charge in [0, 0.05) is 13.1 Å². The lowest BCUT2D eigenvalue weighted by molar-refractivity contribution is 0.260. The van der Waals surface area contributed by atoms with Crippen LogP contribution in [-0.4, -0.2) is 38.1 Å². The molecule has 2 nitrogen and oxygen atoms in total. The topological polar surface area (TPSA) is 15.3 Å². The molecule has 21 heavy (non-hydrogen) atoms. The molecule has 0 spiro atoms. The monoisotopic (exact) mass is 334 g/mol. The molecular formula is C16H25Cl2FN2. The molecule has 1 aliphatic heterocycles. The maximum atomic E-state index is 12.8. The Balaban J connectivity index is 0.00000200. The third kappa shape index (κ3) is 7.82. The van der Waals surface area contributed by atoms with Crippen LogP contribution in [-0.2, 0) is 0 Å². The Morgan fingerprint density at radius 1 is 1.29 bits per heavy atom. The van der Waals surface area contributed by atoms with E-state index in [1.165, 1.54) is 31.5 Å². The molecule has 1 aromatic carbocycles. The summed E-state index contributed by atoms with van der Waals surface area (Å²) in [6, 6.07) is 6.60. The van der Waals surface area contributed by atoms with Gasteiger partial charge >= 0.3 is 0 Å². The average Bonchev–Trinajstić information content (AvgIpc) is 2.42. The molecule has 0 radical (unpaired) electrons. The van der Waals surface area contributed by atoms with E-state index < -0.39 is 0 Å². The lowest BCUT2D eigenvalue weighted by Gasteiger charge is -2.26. The van der Waals surface area contributed by atoms with E-state index in [0.29, 0.717) is 0 Å². The van der Waals surface area contributed by atoms with Gasteiger partial charge in [-0.25, -0.2) is 4.39 Å². The highest BCUT2D eigenvalue weighted by atomic mass is 35.5. The first-order valence-electron chi connectivity index (χ1n) is 7.05. The maximum Gasteiger partial charge on any atom is 0.123 e. The lowest BCUT2D eigenvalue weighted by atomic mass is 9.99. The Morgan fingerprint density at radius 3 is 2.62 bits per heavy atom. The molecule has 120 valence electrons. The molecular weight excluding hydrogens is 310 g/mol. The first-order valence-corrected chi connectivity index (χ1v) is 7.05. The quantitative estimate of drug-likeness (QED) is 0.884. The SMILES string of the molecule is CN(C/C=C/c1ccc(F)cc1)CC1CCCNC1.Cl.Cl. The van der Waals surface area contributed by atoms with E-state index in [-0.39, 0.29) is 30.6 Å². The number of rotatable bonds is 5. The van der Waals surface area contributed by atoms with Crippen molar-refractivity contribution in [1.82, 2.24) is 10.2 Å². The van der Waals surface area contributed by atoms with Crippen LogP contribution in [0.4, 0.5) is 4.39 Å². The van der Waals surface area contributed by atoms with Gasteiger partial charge in [-0.05, 0) is 56.6 Å². The first kappa shape index (κ1) is 20.4. The van der Waals surface area contributed by atoms with Crippen molar-refractivity contribution >= 4 is 30.9 Å². The highest BCUT2D eigenvalue weighted by Crippen LogP contribution is 2.11. The van der Waals surface area contributed by atoms with Crippen LogP contribution < -0.4 is 5.32 Å². The van der Waals surface area contributed by atoms with Gasteiger partial charge in [-0.3, -0.25) is 0 Å². The summed E-state index contributed by atoms with van der Waals surface area (Å²) in [5.74, 6) is 0.594. The fourth-order valence-corrected chi connectivity index (χ4v) is 2.54. The predicted molar refractivity (Wildman–Crippen MR) is 93.0 cm³/mol. The van der Waals surface area contributed by atoms with Gasteiger partial charge in [-0.1, -0.05) is 24.3 Å². The van der Waals surface area contributed by atoms with Gasteiger partial charge in [0.05, 0.1) is 0 Å². The summed E-state index contributed by atoms with van der Waals surface area (Å²) in [5, 5.41) is 3.45. The van der Waals surface area contributed by atoms with Crippen LogP contribution in [0.2, 0.25) is 0 Å². The van der Waals surface area contributed by atoms with Gasteiger partial charge in [-0.15, -0.1) is 24.8 Å². The molecule has 1 atom stereocenters. The van der Waals surface area contributed by atoms with Crippen LogP contribution in [0.25, 0.3) is 6.08 Å². The van der Waals surface area contributed by atoms with Crippen molar-refractivity contribution in [2.45, 2.75) is 12.8 Å². The lowest BCUT2D eigenvalue weighted by Crippen LogP contribution is -2.36. The minimum absolute atomic E-state index is 0. The van der Waals surface area contributed by atoms with Crippen molar-refractivity contribution in [2.24, 2.45) is 5.92 Å². The molecule has 0 aliphatic carbocycles. The smallest absolute Gasteiger partial charge is 0.123 e. The van der Waals surface area contributed by atoms with E-state index in [2.05, 4.69) is 29.4 Å². The van der Waals surface area contributed by atoms with Crippen molar-refractivity contribution in [1.29, 1.82) is 0 Å². The third-order valence-corrected chi connectivity index (χ3v) is 3.57. The minimum Gasteiger partial charge on any atom is -0.316 e. The number of nitrogens with zero attached hydrogens (tertiary/aromatic N) is 1. The summed E-state index contributed by atoms with van der Waals surface area (Å²) in [5.41, 5.74) is 1.05. The van der Waals surface area contributed by atoms with Gasteiger partial charge in [0.25, 0.3) is 0 Å². The van der Waals surface area contributed by atoms with E-state index in [0.717, 1.165) is 31.1 Å². The molecule has 0 aromatic heterocycles. The maximum absolute atomic E-state index is 12.8. The van der Waals surface area contributed by atoms with Crippen molar-refractivity contribution in [3.8, 4) is 0 Å². The Morgan fingerprint density at radius 2 is 2.00 bits per heavy atom. The zero-order valence-corrected chi connectivity index (χ0v) is 14.1. The molecule has 0 bridgehead atoms. The van der Waals surface area contributed by atoms with Crippen LogP contribution in [0.3, 0.4) is 0 Å². The highest BCUT2D eigenvalue weighted by molar-refractivity contribution is 5.85. The van der Waals surface area contributed by atoms with Crippen molar-refractivity contribution in [2.75, 3.05) is 33.2 Å². The molecule has 1 heterocycles. The van der Waals surface area contributed by atoms with Crippen LogP contribution in [0.5, 0.6) is 0 Å². The largest absolute Gasteiger partial charge is 0.316 e. The summed E-state index contributed by atoms with van der Waals surface area (Å²) >= 11 is 0. The van der Waals surface area contributed by atoms with Crippen molar-refractivity contribution in [3.05, 3.63) is 41.7 Å². The molecule has 0 saturated carbocycles. The fourth-order valence-electron chi connectivity index (χ4n) is 2.54. The molecule has 1 N–H and O–H groups in total. The second kappa shape index (κ2) is 11.0. The number of hydrogen-bond acceptors (Lipinski definition) is 2. The van der Waals surface area contributed by atoms with E-state index in [1.54, 1.807) is 12.1 Å². The number of halogens is 3. The van der Waals surface area contributed by atoms with E-state index in [4.69, 9.17) is 0 Å². The third-order valence-electron chi connectivity index (χ3n) is 3.57. The molecule has 1 unspecified atom stereocenters. The molecule has 2 rings (SSSR count). The van der Waals surface area contributed by atoms with Gasteiger partial charge in [0.1, 0.15) is 5.82 Å². The van der Waals surface area contributed by atoms with Crippen LogP contribution in [0, 0.1) is 11.7 Å². The Bertz CT molecular complexity index is 403. The average molecular weight is 335 g/mol. The number of hydrogen-bond donors (Lipinski definition) is 1. The molecule has 1 fully saturated rings. The van der Waals surface area contributed by atoms with Crippen LogP contribution in [0.15, 0.2) is 30.3 Å². The van der Waals surface area contributed by atoms with E-state index in [1.807, 2.05) is 0 Å². The molecule has 5 heteroatoms. The summed E-state index contributed by atoms with van der Waals surface area (Å²) in [6.45, 7) is 4.39. The van der Waals surface area contributed by atoms with Gasteiger partial charge in [0.2, 0.25) is 0 Å². The summed E-state index contributed by atoms with van der Waals surface area (Å²) in [6.07, 6.45) is 6.82. The van der Waals surface area contributed by atoms with Crippen LogP contribution in [0.1, 0.15) is 18.4 Å². The second-order valence-corrected chi connectivity index (χ2v) is 5.39. The standard InChI is InChI=1S/C16H23FN2.2ClH/c1-19(13-15-4-2-10-18-12-15)11-3-5-14-6-8-16(17)9-7-14;;/h3,5-9,15,18H,2,4,10-13H2,1H3;2*1H/b5-3+;;. The van der Waals surface area contributed by atoms with Gasteiger partial charge in [0.15, 0.2) is 0 Å². The number of nitrogens with one attached hydrogen (secondary N) is 1. The van der Waals surface area contributed by atoms with Crippen molar-refractivity contribution in [3.63, 3.8) is 0 Å². The van der Waals surface area contributed by atoms with E-state index >= 15 is 0 Å². The molecule has 1 saturated heterocycles. The fraction of sp³-hybridized carbons (Fsp3) is 0.500. The Kier molecular flexibility index (Phi) is 10.7.